The van der Waals surface area contributed by atoms with Gasteiger partial charge in [-0.2, -0.15) is 0 Å². The molecule has 0 unspecified atom stereocenters. The molecule has 0 spiro atoms. The molecule has 0 saturated heterocycles. The Kier molecular flexibility index (Phi) is 3.47. The molecule has 0 amide bonds. The van der Waals surface area contributed by atoms with Crippen LogP contribution < -0.4 is 0 Å². The van der Waals surface area contributed by atoms with Gasteiger partial charge in [0.15, 0.2) is 0 Å². The number of rotatable bonds is 2. The van der Waals surface area contributed by atoms with E-state index in [0.717, 1.165) is 23.3 Å². The number of aromatic nitrogens is 2. The normalized spacial score (nSPS) is 18.1. The minimum Gasteiger partial charge on any atom is -0.334 e. The Bertz CT molecular complexity index is 597. The van der Waals surface area contributed by atoms with Crippen molar-refractivity contribution in [2.45, 2.75) is 37.5 Å². The van der Waals surface area contributed by atoms with Crippen LogP contribution in [0.15, 0.2) is 42.6 Å². The maximum atomic E-state index is 5.27. The van der Waals surface area contributed by atoms with Gasteiger partial charge in [-0.3, -0.25) is 0 Å². The van der Waals surface area contributed by atoms with Crippen molar-refractivity contribution in [2.24, 2.45) is 0 Å². The van der Waals surface area contributed by atoms with Gasteiger partial charge in [-0.05, 0) is 24.5 Å². The van der Waals surface area contributed by atoms with E-state index < -0.39 is 0 Å². The molecule has 1 aromatic heterocycles. The summed E-state index contributed by atoms with van der Waals surface area (Å²) in [6, 6.07) is 12.6. The van der Waals surface area contributed by atoms with E-state index in [9.17, 15) is 0 Å². The van der Waals surface area contributed by atoms with Crippen LogP contribution in [-0.2, 0) is 5.41 Å². The van der Waals surface area contributed by atoms with Crippen molar-refractivity contribution >= 4 is 12.2 Å². The van der Waals surface area contributed by atoms with E-state index >= 15 is 0 Å². The van der Waals surface area contributed by atoms with Gasteiger partial charge < -0.3 is 4.98 Å². The minimum atomic E-state index is 0.0222. The Hall–Kier alpha value is -1.48. The Morgan fingerprint density at radius 2 is 1.74 bits per heavy atom. The number of hydrogen-bond acceptors (Lipinski definition) is 2. The molecule has 0 bridgehead atoms. The molecule has 0 radical (unpaired) electrons. The Morgan fingerprint density at radius 1 is 1.00 bits per heavy atom. The van der Waals surface area contributed by atoms with Crippen LogP contribution in [0.5, 0.6) is 0 Å². The lowest BCUT2D eigenvalue weighted by atomic mass is 9.69. The molecule has 3 heteroatoms. The quantitative estimate of drug-likeness (QED) is 0.820. The standard InChI is InChI=1S/C16H18N2S/c19-14-9-12-17-15(18-14)16(10-5-2-6-11-16)13-7-3-1-4-8-13/h1,3-4,7-9,12H,2,5-6,10-11H2,(H,17,18,19). The van der Waals surface area contributed by atoms with Crippen LogP contribution in [0.3, 0.4) is 0 Å². The van der Waals surface area contributed by atoms with Crippen molar-refractivity contribution in [2.75, 3.05) is 0 Å². The molecule has 1 fully saturated rings. The molecule has 1 N–H and O–H groups in total. The summed E-state index contributed by atoms with van der Waals surface area (Å²) in [5, 5.41) is 0. The summed E-state index contributed by atoms with van der Waals surface area (Å²) >= 11 is 5.27. The fraction of sp³-hybridized carbons (Fsp3) is 0.375. The van der Waals surface area contributed by atoms with Gasteiger partial charge >= 0.3 is 0 Å². The van der Waals surface area contributed by atoms with E-state index in [-0.39, 0.29) is 5.41 Å². The smallest absolute Gasteiger partial charge is 0.117 e. The molecular formula is C16H18N2S. The largest absolute Gasteiger partial charge is 0.334 e. The first-order valence-electron chi connectivity index (χ1n) is 6.93. The third-order valence-electron chi connectivity index (χ3n) is 4.16. The number of benzene rings is 1. The molecule has 1 aromatic carbocycles. The zero-order chi connectivity index (χ0) is 13.1. The van der Waals surface area contributed by atoms with Crippen LogP contribution in [0, 0.1) is 4.64 Å². The Labute approximate surface area is 118 Å². The SMILES string of the molecule is S=c1ccnc(C2(c3ccccc3)CCCCC2)[nH]1. The van der Waals surface area contributed by atoms with Crippen LogP contribution in [0.4, 0.5) is 0 Å². The first-order chi connectivity index (χ1) is 9.31. The van der Waals surface area contributed by atoms with E-state index in [2.05, 4.69) is 40.3 Å². The van der Waals surface area contributed by atoms with Crippen molar-refractivity contribution in [3.63, 3.8) is 0 Å². The molecule has 1 heterocycles. The highest BCUT2D eigenvalue weighted by Crippen LogP contribution is 2.43. The van der Waals surface area contributed by atoms with Gasteiger partial charge in [0.05, 0.1) is 5.41 Å². The van der Waals surface area contributed by atoms with Gasteiger partial charge in [0.1, 0.15) is 10.5 Å². The van der Waals surface area contributed by atoms with Gasteiger partial charge in [0.25, 0.3) is 0 Å². The van der Waals surface area contributed by atoms with Crippen LogP contribution in [-0.4, -0.2) is 9.97 Å². The lowest BCUT2D eigenvalue weighted by molar-refractivity contribution is 0.330. The second-order valence-electron chi connectivity index (χ2n) is 5.29. The first kappa shape index (κ1) is 12.5. The average molecular weight is 270 g/mol. The molecular weight excluding hydrogens is 252 g/mol. The van der Waals surface area contributed by atoms with Gasteiger partial charge in [0, 0.05) is 6.20 Å². The summed E-state index contributed by atoms with van der Waals surface area (Å²) in [5.74, 6) is 1.03. The zero-order valence-electron chi connectivity index (χ0n) is 10.9. The van der Waals surface area contributed by atoms with Crippen LogP contribution in [0.25, 0.3) is 0 Å². The van der Waals surface area contributed by atoms with E-state index in [1.54, 1.807) is 0 Å². The highest BCUT2D eigenvalue weighted by molar-refractivity contribution is 7.71. The predicted octanol–water partition coefficient (Wildman–Crippen LogP) is 4.39. The van der Waals surface area contributed by atoms with E-state index in [1.165, 1.54) is 24.8 Å². The molecule has 3 rings (SSSR count). The highest BCUT2D eigenvalue weighted by atomic mass is 32.1. The Balaban J connectivity index is 2.14. The highest BCUT2D eigenvalue weighted by Gasteiger charge is 2.37. The summed E-state index contributed by atoms with van der Waals surface area (Å²) < 4.78 is 0.769. The molecule has 1 aliphatic carbocycles. The number of nitrogens with one attached hydrogen (secondary N) is 1. The monoisotopic (exact) mass is 270 g/mol. The summed E-state index contributed by atoms with van der Waals surface area (Å²) in [5.41, 5.74) is 1.38. The summed E-state index contributed by atoms with van der Waals surface area (Å²) in [7, 11) is 0. The number of hydrogen-bond donors (Lipinski definition) is 1. The van der Waals surface area contributed by atoms with E-state index in [0.29, 0.717) is 0 Å². The predicted molar refractivity (Wildman–Crippen MR) is 79.7 cm³/mol. The third kappa shape index (κ3) is 2.35. The number of H-pyrrole nitrogens is 1. The minimum absolute atomic E-state index is 0.0222. The molecule has 19 heavy (non-hydrogen) atoms. The van der Waals surface area contributed by atoms with Gasteiger partial charge in [0.2, 0.25) is 0 Å². The molecule has 98 valence electrons. The fourth-order valence-corrected chi connectivity index (χ4v) is 3.35. The molecule has 1 aliphatic rings. The lowest BCUT2D eigenvalue weighted by Gasteiger charge is -2.36. The van der Waals surface area contributed by atoms with Gasteiger partial charge in [-0.15, -0.1) is 0 Å². The van der Waals surface area contributed by atoms with Gasteiger partial charge in [-0.1, -0.05) is 61.8 Å². The van der Waals surface area contributed by atoms with Crippen molar-refractivity contribution in [1.29, 1.82) is 0 Å². The van der Waals surface area contributed by atoms with Crippen LogP contribution in [0.2, 0.25) is 0 Å². The van der Waals surface area contributed by atoms with Crippen LogP contribution in [0.1, 0.15) is 43.5 Å². The molecule has 0 atom stereocenters. The third-order valence-corrected chi connectivity index (χ3v) is 4.40. The van der Waals surface area contributed by atoms with Gasteiger partial charge in [-0.25, -0.2) is 4.98 Å². The summed E-state index contributed by atoms with van der Waals surface area (Å²) in [6.07, 6.45) is 7.96. The topological polar surface area (TPSA) is 28.7 Å². The van der Waals surface area contributed by atoms with Crippen molar-refractivity contribution in [3.8, 4) is 0 Å². The van der Waals surface area contributed by atoms with Crippen molar-refractivity contribution in [3.05, 3.63) is 58.6 Å². The second-order valence-corrected chi connectivity index (χ2v) is 5.73. The fourth-order valence-electron chi connectivity index (χ4n) is 3.19. The summed E-state index contributed by atoms with van der Waals surface area (Å²) in [6.45, 7) is 0. The average Bonchev–Trinajstić information content (AvgIpc) is 2.49. The van der Waals surface area contributed by atoms with E-state index in [4.69, 9.17) is 12.2 Å². The first-order valence-corrected chi connectivity index (χ1v) is 7.33. The molecule has 1 saturated carbocycles. The molecule has 2 aromatic rings. The molecule has 2 nitrogen and oxygen atoms in total. The zero-order valence-corrected chi connectivity index (χ0v) is 11.7. The number of aromatic amines is 1. The lowest BCUT2D eigenvalue weighted by Crippen LogP contribution is -2.32. The Morgan fingerprint density at radius 3 is 2.42 bits per heavy atom. The van der Waals surface area contributed by atoms with Crippen LogP contribution >= 0.6 is 12.2 Å². The van der Waals surface area contributed by atoms with E-state index in [1.807, 2.05) is 12.3 Å². The maximum Gasteiger partial charge on any atom is 0.117 e. The summed E-state index contributed by atoms with van der Waals surface area (Å²) in [4.78, 5) is 7.91. The maximum absolute atomic E-state index is 5.27. The number of nitrogens with zero attached hydrogens (tertiary/aromatic N) is 1. The molecule has 0 aliphatic heterocycles. The van der Waals surface area contributed by atoms with Crippen molar-refractivity contribution < 1.29 is 0 Å². The van der Waals surface area contributed by atoms with Crippen molar-refractivity contribution in [1.82, 2.24) is 9.97 Å². The second kappa shape index (κ2) is 5.25.